The highest BCUT2D eigenvalue weighted by atomic mass is 16.2. The molecule has 1 aromatic rings. The Labute approximate surface area is 123 Å². The van der Waals surface area contributed by atoms with Crippen molar-refractivity contribution >= 4 is 11.8 Å². The van der Waals surface area contributed by atoms with E-state index in [2.05, 4.69) is 10.4 Å². The molecule has 0 spiro atoms. The van der Waals surface area contributed by atoms with Gasteiger partial charge in [-0.05, 0) is 19.9 Å². The Bertz CT molecular complexity index is 568. The van der Waals surface area contributed by atoms with Crippen molar-refractivity contribution in [1.29, 1.82) is 0 Å². The zero-order valence-corrected chi connectivity index (χ0v) is 12.5. The summed E-state index contributed by atoms with van der Waals surface area (Å²) in [4.78, 5) is 27.8. The van der Waals surface area contributed by atoms with Crippen LogP contribution in [0.5, 0.6) is 0 Å². The SMILES string of the molecule is CCn1nc(C)cc1CN1CC2CNCCN2C(=O)C1=O. The Morgan fingerprint density at radius 3 is 2.95 bits per heavy atom. The van der Waals surface area contributed by atoms with Gasteiger partial charge in [0.05, 0.1) is 24.0 Å². The molecule has 0 bridgehead atoms. The molecule has 7 nitrogen and oxygen atoms in total. The van der Waals surface area contributed by atoms with Gasteiger partial charge in [0.2, 0.25) is 0 Å². The minimum atomic E-state index is -0.394. The van der Waals surface area contributed by atoms with E-state index in [0.29, 0.717) is 19.6 Å². The highest BCUT2D eigenvalue weighted by molar-refractivity contribution is 6.35. The Morgan fingerprint density at radius 2 is 2.19 bits per heavy atom. The molecular formula is C14H21N5O2. The second-order valence-corrected chi connectivity index (χ2v) is 5.63. The molecule has 1 aromatic heterocycles. The fourth-order valence-electron chi connectivity index (χ4n) is 3.12. The van der Waals surface area contributed by atoms with Crippen LogP contribution in [0.3, 0.4) is 0 Å². The van der Waals surface area contributed by atoms with Crippen LogP contribution in [0.4, 0.5) is 0 Å². The van der Waals surface area contributed by atoms with Crippen molar-refractivity contribution in [3.63, 3.8) is 0 Å². The highest BCUT2D eigenvalue weighted by Crippen LogP contribution is 2.17. The van der Waals surface area contributed by atoms with E-state index in [9.17, 15) is 9.59 Å². The van der Waals surface area contributed by atoms with Gasteiger partial charge >= 0.3 is 11.8 Å². The molecule has 0 saturated carbocycles. The first kappa shape index (κ1) is 14.1. The summed E-state index contributed by atoms with van der Waals surface area (Å²) in [5.74, 6) is -0.762. The molecule has 3 heterocycles. The number of nitrogens with zero attached hydrogens (tertiary/aromatic N) is 4. The van der Waals surface area contributed by atoms with Gasteiger partial charge in [0.25, 0.3) is 0 Å². The molecule has 3 rings (SSSR count). The first-order valence-electron chi connectivity index (χ1n) is 7.44. The van der Waals surface area contributed by atoms with Gasteiger partial charge in [0.15, 0.2) is 0 Å². The zero-order chi connectivity index (χ0) is 15.0. The molecular weight excluding hydrogens is 270 g/mol. The lowest BCUT2D eigenvalue weighted by Gasteiger charge is -2.43. The summed E-state index contributed by atoms with van der Waals surface area (Å²) >= 11 is 0. The molecule has 2 saturated heterocycles. The van der Waals surface area contributed by atoms with Crippen LogP contribution in [0.1, 0.15) is 18.3 Å². The number of hydrogen-bond acceptors (Lipinski definition) is 4. The number of nitrogens with one attached hydrogen (secondary N) is 1. The van der Waals surface area contributed by atoms with Crippen LogP contribution >= 0.6 is 0 Å². The van der Waals surface area contributed by atoms with E-state index in [1.54, 1.807) is 9.80 Å². The van der Waals surface area contributed by atoms with Crippen molar-refractivity contribution in [2.45, 2.75) is 33.0 Å². The maximum atomic E-state index is 12.3. The molecule has 2 fully saturated rings. The smallest absolute Gasteiger partial charge is 0.312 e. The van der Waals surface area contributed by atoms with Gasteiger partial charge in [-0.15, -0.1) is 0 Å². The average molecular weight is 291 g/mol. The third-order valence-corrected chi connectivity index (χ3v) is 4.15. The van der Waals surface area contributed by atoms with Gasteiger partial charge in [0, 0.05) is 32.7 Å². The van der Waals surface area contributed by atoms with E-state index >= 15 is 0 Å². The Morgan fingerprint density at radius 1 is 1.38 bits per heavy atom. The predicted molar refractivity (Wildman–Crippen MR) is 76.4 cm³/mol. The van der Waals surface area contributed by atoms with E-state index in [4.69, 9.17) is 0 Å². The molecule has 1 atom stereocenters. The van der Waals surface area contributed by atoms with Crippen molar-refractivity contribution in [3.8, 4) is 0 Å². The molecule has 0 radical (unpaired) electrons. The average Bonchev–Trinajstić information content (AvgIpc) is 2.84. The Kier molecular flexibility index (Phi) is 3.67. The van der Waals surface area contributed by atoms with Gasteiger partial charge in [-0.25, -0.2) is 0 Å². The predicted octanol–water partition coefficient (Wildman–Crippen LogP) is -0.646. The molecule has 0 aromatic carbocycles. The van der Waals surface area contributed by atoms with Crippen molar-refractivity contribution in [1.82, 2.24) is 24.9 Å². The number of aryl methyl sites for hydroxylation is 2. The number of carbonyl (C=O) groups is 2. The second-order valence-electron chi connectivity index (χ2n) is 5.63. The van der Waals surface area contributed by atoms with Crippen molar-refractivity contribution in [2.24, 2.45) is 0 Å². The molecule has 7 heteroatoms. The molecule has 2 aliphatic heterocycles. The normalized spacial score (nSPS) is 22.7. The standard InChI is InChI=1S/C14H21N5O2/c1-3-19-11(6-10(2)16-19)8-17-9-12-7-15-4-5-18(12)14(21)13(17)20/h6,12,15H,3-5,7-9H2,1-2H3. The molecule has 21 heavy (non-hydrogen) atoms. The van der Waals surface area contributed by atoms with Gasteiger partial charge in [-0.2, -0.15) is 5.10 Å². The summed E-state index contributed by atoms with van der Waals surface area (Å²) < 4.78 is 1.89. The van der Waals surface area contributed by atoms with Crippen molar-refractivity contribution in [2.75, 3.05) is 26.2 Å². The summed E-state index contributed by atoms with van der Waals surface area (Å²) in [5.41, 5.74) is 1.91. The minimum absolute atomic E-state index is 0.0862. The minimum Gasteiger partial charge on any atom is -0.327 e. The quantitative estimate of drug-likeness (QED) is 0.752. The van der Waals surface area contributed by atoms with E-state index in [-0.39, 0.29) is 11.9 Å². The molecule has 0 aliphatic carbocycles. The maximum absolute atomic E-state index is 12.3. The number of piperazine rings is 2. The van der Waals surface area contributed by atoms with Gasteiger partial charge < -0.3 is 15.1 Å². The van der Waals surface area contributed by atoms with Crippen LogP contribution in [-0.2, 0) is 22.7 Å². The monoisotopic (exact) mass is 291 g/mol. The van der Waals surface area contributed by atoms with Crippen LogP contribution in [0.2, 0.25) is 0 Å². The first-order valence-corrected chi connectivity index (χ1v) is 7.44. The first-order chi connectivity index (χ1) is 10.1. The summed E-state index contributed by atoms with van der Waals surface area (Å²) in [7, 11) is 0. The summed E-state index contributed by atoms with van der Waals surface area (Å²) in [5, 5.41) is 7.67. The van der Waals surface area contributed by atoms with Gasteiger partial charge in [-0.1, -0.05) is 0 Å². The molecule has 2 aliphatic rings. The number of rotatable bonds is 3. The lowest BCUT2D eigenvalue weighted by molar-refractivity contribution is -0.160. The highest BCUT2D eigenvalue weighted by Gasteiger charge is 2.40. The number of aromatic nitrogens is 2. The molecule has 2 amide bonds. The Hall–Kier alpha value is -1.89. The summed E-state index contributed by atoms with van der Waals surface area (Å²) in [6, 6.07) is 2.07. The molecule has 1 N–H and O–H groups in total. The van der Waals surface area contributed by atoms with Crippen molar-refractivity contribution in [3.05, 3.63) is 17.5 Å². The van der Waals surface area contributed by atoms with E-state index in [1.165, 1.54) is 0 Å². The van der Waals surface area contributed by atoms with Crippen LogP contribution in [0.15, 0.2) is 6.07 Å². The lowest BCUT2D eigenvalue weighted by Crippen LogP contribution is -2.65. The fourth-order valence-corrected chi connectivity index (χ4v) is 3.12. The third-order valence-electron chi connectivity index (χ3n) is 4.15. The fraction of sp³-hybridized carbons (Fsp3) is 0.643. The zero-order valence-electron chi connectivity index (χ0n) is 12.5. The lowest BCUT2D eigenvalue weighted by atomic mass is 10.1. The number of carbonyl (C=O) groups excluding carboxylic acids is 2. The Balaban J connectivity index is 1.78. The van der Waals surface area contributed by atoms with Crippen LogP contribution in [0, 0.1) is 6.92 Å². The second kappa shape index (κ2) is 5.48. The van der Waals surface area contributed by atoms with Gasteiger partial charge in [0.1, 0.15) is 0 Å². The van der Waals surface area contributed by atoms with Gasteiger partial charge in [-0.3, -0.25) is 14.3 Å². The number of hydrogen-bond donors (Lipinski definition) is 1. The van der Waals surface area contributed by atoms with Crippen LogP contribution in [0.25, 0.3) is 0 Å². The van der Waals surface area contributed by atoms with E-state index < -0.39 is 5.91 Å². The largest absolute Gasteiger partial charge is 0.327 e. The van der Waals surface area contributed by atoms with E-state index in [0.717, 1.165) is 31.0 Å². The molecule has 114 valence electrons. The third kappa shape index (κ3) is 2.53. The van der Waals surface area contributed by atoms with E-state index in [1.807, 2.05) is 24.6 Å². The number of amides is 2. The maximum Gasteiger partial charge on any atom is 0.312 e. The number of fused-ring (bicyclic) bond motifs is 1. The summed E-state index contributed by atoms with van der Waals surface area (Å²) in [6.45, 7) is 7.89. The van der Waals surface area contributed by atoms with Crippen LogP contribution < -0.4 is 5.32 Å². The summed E-state index contributed by atoms with van der Waals surface area (Å²) in [6.07, 6.45) is 0. The van der Waals surface area contributed by atoms with Crippen LogP contribution in [-0.4, -0.2) is 63.6 Å². The molecule has 1 unspecified atom stereocenters. The topological polar surface area (TPSA) is 70.5 Å². The van der Waals surface area contributed by atoms with Crippen molar-refractivity contribution < 1.29 is 9.59 Å².